The van der Waals surface area contributed by atoms with E-state index in [0.717, 1.165) is 30.4 Å². The van der Waals surface area contributed by atoms with Crippen molar-refractivity contribution in [2.75, 3.05) is 6.54 Å². The van der Waals surface area contributed by atoms with E-state index < -0.39 is 11.9 Å². The summed E-state index contributed by atoms with van der Waals surface area (Å²) < 4.78 is 5.41. The molecule has 0 heterocycles. The van der Waals surface area contributed by atoms with Crippen LogP contribution < -0.4 is 15.5 Å². The van der Waals surface area contributed by atoms with Crippen molar-refractivity contribution >= 4 is 24.0 Å². The minimum atomic E-state index is -0.415. The van der Waals surface area contributed by atoms with Crippen molar-refractivity contribution in [1.82, 2.24) is 10.7 Å². The molecule has 0 atom stereocenters. The van der Waals surface area contributed by atoms with E-state index in [-0.39, 0.29) is 12.5 Å². The van der Waals surface area contributed by atoms with Gasteiger partial charge in [-0.25, -0.2) is 10.2 Å². The molecule has 2 aromatic carbocycles. The summed E-state index contributed by atoms with van der Waals surface area (Å²) in [6, 6.07) is 14.0. The number of hydrogen-bond acceptors (Lipinski definition) is 5. The third-order valence-electron chi connectivity index (χ3n) is 6.31. The first kappa shape index (κ1) is 30.7. The van der Waals surface area contributed by atoms with Gasteiger partial charge in [-0.3, -0.25) is 9.59 Å². The first-order valence-corrected chi connectivity index (χ1v) is 14.0. The second-order valence-electron chi connectivity index (χ2n) is 9.63. The van der Waals surface area contributed by atoms with Crippen LogP contribution in [0.2, 0.25) is 0 Å². The molecule has 0 aliphatic heterocycles. The number of hydrogen-bond donors (Lipinski definition) is 2. The number of rotatable bonds is 18. The zero-order valence-electron chi connectivity index (χ0n) is 23.0. The number of benzene rings is 2. The highest BCUT2D eigenvalue weighted by Gasteiger charge is 2.10. The number of carbonyl (C=O) groups excluding carboxylic acids is 3. The van der Waals surface area contributed by atoms with Gasteiger partial charge in [0.2, 0.25) is 5.91 Å². The van der Waals surface area contributed by atoms with Gasteiger partial charge in [-0.05, 0) is 54.8 Å². The monoisotopic (exact) mass is 521 g/mol. The largest absolute Gasteiger partial charge is 0.423 e. The predicted octanol–water partition coefficient (Wildman–Crippen LogP) is 6.48. The lowest BCUT2D eigenvalue weighted by molar-refractivity contribution is -0.126. The van der Waals surface area contributed by atoms with Crippen LogP contribution in [0, 0.1) is 6.92 Å². The van der Waals surface area contributed by atoms with Gasteiger partial charge in [-0.2, -0.15) is 5.10 Å². The molecule has 0 saturated heterocycles. The lowest BCUT2D eigenvalue weighted by atomic mass is 10.1. The Hall–Kier alpha value is -3.48. The summed E-state index contributed by atoms with van der Waals surface area (Å²) >= 11 is 0. The van der Waals surface area contributed by atoms with E-state index in [4.69, 9.17) is 4.74 Å². The normalized spacial score (nSPS) is 10.9. The summed E-state index contributed by atoms with van der Waals surface area (Å²) in [6.45, 7) is 3.99. The molecule has 0 unspecified atom stereocenters. The van der Waals surface area contributed by atoms with Gasteiger partial charge in [0, 0.05) is 6.42 Å². The van der Waals surface area contributed by atoms with Gasteiger partial charge in [0.1, 0.15) is 5.75 Å². The van der Waals surface area contributed by atoms with Crippen LogP contribution in [0.4, 0.5) is 0 Å². The minimum absolute atomic E-state index is 0.109. The fourth-order valence-electron chi connectivity index (χ4n) is 4.02. The Labute approximate surface area is 227 Å². The molecule has 206 valence electrons. The van der Waals surface area contributed by atoms with Gasteiger partial charge < -0.3 is 10.1 Å². The van der Waals surface area contributed by atoms with Crippen LogP contribution in [0.5, 0.6) is 5.75 Å². The first-order valence-electron chi connectivity index (χ1n) is 14.0. The summed E-state index contributed by atoms with van der Waals surface area (Å²) in [7, 11) is 0. The summed E-state index contributed by atoms with van der Waals surface area (Å²) in [5.74, 6) is -0.504. The molecule has 2 aromatic rings. The molecule has 0 radical (unpaired) electrons. The fourth-order valence-corrected chi connectivity index (χ4v) is 4.02. The SMILES string of the molecule is CCCCCCCCCCCCCC(=O)NCC(=O)NN=Cc1ccc(OC(=O)c2ccccc2C)cc1. The van der Waals surface area contributed by atoms with Crippen LogP contribution in [0.25, 0.3) is 0 Å². The van der Waals surface area contributed by atoms with Crippen molar-refractivity contribution in [2.24, 2.45) is 5.10 Å². The molecular formula is C31H43N3O4. The third kappa shape index (κ3) is 13.2. The topological polar surface area (TPSA) is 96.9 Å². The van der Waals surface area contributed by atoms with Gasteiger partial charge in [-0.15, -0.1) is 0 Å². The highest BCUT2D eigenvalue weighted by atomic mass is 16.5. The van der Waals surface area contributed by atoms with E-state index >= 15 is 0 Å². The van der Waals surface area contributed by atoms with E-state index in [0.29, 0.717) is 17.7 Å². The zero-order valence-corrected chi connectivity index (χ0v) is 23.0. The summed E-state index contributed by atoms with van der Waals surface area (Å²) in [5, 5.41) is 6.55. The van der Waals surface area contributed by atoms with Crippen molar-refractivity contribution in [1.29, 1.82) is 0 Å². The molecule has 0 bridgehead atoms. The molecule has 2 N–H and O–H groups in total. The van der Waals surface area contributed by atoms with Crippen LogP contribution in [-0.2, 0) is 9.59 Å². The number of esters is 1. The number of aryl methyl sites for hydroxylation is 1. The first-order chi connectivity index (χ1) is 18.5. The van der Waals surface area contributed by atoms with E-state index in [1.807, 2.05) is 19.1 Å². The Bertz CT molecular complexity index is 1020. The molecular weight excluding hydrogens is 478 g/mol. The van der Waals surface area contributed by atoms with Gasteiger partial charge in [-0.1, -0.05) is 89.3 Å². The smallest absolute Gasteiger partial charge is 0.343 e. The molecule has 0 spiro atoms. The Kier molecular flexibility index (Phi) is 15.1. The van der Waals surface area contributed by atoms with Gasteiger partial charge in [0.15, 0.2) is 0 Å². The minimum Gasteiger partial charge on any atom is -0.423 e. The molecule has 7 heteroatoms. The third-order valence-corrected chi connectivity index (χ3v) is 6.31. The van der Waals surface area contributed by atoms with E-state index in [1.54, 1.807) is 36.4 Å². The van der Waals surface area contributed by atoms with Crippen LogP contribution in [0.1, 0.15) is 105 Å². The number of unbranched alkanes of at least 4 members (excludes halogenated alkanes) is 10. The second kappa shape index (κ2) is 18.7. The number of ether oxygens (including phenoxy) is 1. The molecule has 0 aliphatic rings. The highest BCUT2D eigenvalue weighted by molar-refractivity contribution is 5.92. The Morgan fingerprint density at radius 3 is 2.03 bits per heavy atom. The molecule has 0 fully saturated rings. The maximum Gasteiger partial charge on any atom is 0.343 e. The quantitative estimate of drug-likeness (QED) is 0.0771. The molecule has 38 heavy (non-hydrogen) atoms. The number of nitrogens with zero attached hydrogens (tertiary/aromatic N) is 1. The number of amides is 2. The molecule has 0 aromatic heterocycles. The maximum atomic E-state index is 12.3. The molecule has 2 amide bonds. The number of nitrogens with one attached hydrogen (secondary N) is 2. The second-order valence-corrected chi connectivity index (χ2v) is 9.63. The van der Waals surface area contributed by atoms with Gasteiger partial charge in [0.05, 0.1) is 18.3 Å². The summed E-state index contributed by atoms with van der Waals surface area (Å²) in [5.41, 5.74) is 4.50. The summed E-state index contributed by atoms with van der Waals surface area (Å²) in [4.78, 5) is 36.2. The Morgan fingerprint density at radius 1 is 0.789 bits per heavy atom. The van der Waals surface area contributed by atoms with Crippen molar-refractivity contribution < 1.29 is 19.1 Å². The van der Waals surface area contributed by atoms with E-state index in [1.165, 1.54) is 57.6 Å². The molecule has 0 aliphatic carbocycles. The predicted molar refractivity (Wildman–Crippen MR) is 152 cm³/mol. The number of hydrazone groups is 1. The van der Waals surface area contributed by atoms with E-state index in [2.05, 4.69) is 22.8 Å². The van der Waals surface area contributed by atoms with Crippen molar-refractivity contribution in [2.45, 2.75) is 90.9 Å². The van der Waals surface area contributed by atoms with Crippen LogP contribution >= 0.6 is 0 Å². The van der Waals surface area contributed by atoms with Gasteiger partial charge in [0.25, 0.3) is 5.91 Å². The Morgan fingerprint density at radius 2 is 1.39 bits per heavy atom. The van der Waals surface area contributed by atoms with Crippen molar-refractivity contribution in [3.8, 4) is 5.75 Å². The molecule has 2 rings (SSSR count). The maximum absolute atomic E-state index is 12.3. The van der Waals surface area contributed by atoms with Crippen molar-refractivity contribution in [3.05, 3.63) is 65.2 Å². The molecule has 0 saturated carbocycles. The highest BCUT2D eigenvalue weighted by Crippen LogP contribution is 2.15. The van der Waals surface area contributed by atoms with Crippen molar-refractivity contribution in [3.63, 3.8) is 0 Å². The molecule has 7 nitrogen and oxygen atoms in total. The van der Waals surface area contributed by atoms with Crippen LogP contribution in [-0.4, -0.2) is 30.5 Å². The average Bonchev–Trinajstić information content (AvgIpc) is 2.91. The fraction of sp³-hybridized carbons (Fsp3) is 0.484. The average molecular weight is 522 g/mol. The Balaban J connectivity index is 1.54. The lowest BCUT2D eigenvalue weighted by Crippen LogP contribution is -2.34. The lowest BCUT2D eigenvalue weighted by Gasteiger charge is -2.06. The summed E-state index contributed by atoms with van der Waals surface area (Å²) in [6.07, 6.45) is 15.5. The number of carbonyl (C=O) groups is 3. The zero-order chi connectivity index (χ0) is 27.4. The van der Waals surface area contributed by atoms with E-state index in [9.17, 15) is 14.4 Å². The standard InChI is InChI=1S/C31H43N3O4/c1-3-4-5-6-7-8-9-10-11-12-13-18-29(35)32-24-30(36)34-33-23-26-19-21-27(22-20-26)38-31(37)28-17-15-14-16-25(28)2/h14-17,19-23H,3-13,18,24H2,1-2H3,(H,32,35)(H,34,36). The van der Waals surface area contributed by atoms with Crippen LogP contribution in [0.3, 0.4) is 0 Å². The van der Waals surface area contributed by atoms with Crippen LogP contribution in [0.15, 0.2) is 53.6 Å². The van der Waals surface area contributed by atoms with Gasteiger partial charge >= 0.3 is 5.97 Å².